The number of benzene rings is 1. The largest absolute Gasteiger partial charge is 0.368 e. The number of amides is 2. The summed E-state index contributed by atoms with van der Waals surface area (Å²) in [6.07, 6.45) is 0.474. The monoisotopic (exact) mass is 375 g/mol. The minimum Gasteiger partial charge on any atom is -0.368 e. The number of halogens is 2. The highest BCUT2D eigenvalue weighted by atomic mass is 35.5. The van der Waals surface area contributed by atoms with E-state index < -0.39 is 15.7 Å². The van der Waals surface area contributed by atoms with E-state index in [1.807, 2.05) is 4.90 Å². The molecule has 9 heteroatoms. The first-order valence-corrected chi connectivity index (χ1v) is 10.00. The van der Waals surface area contributed by atoms with Crippen LogP contribution in [0.3, 0.4) is 0 Å². The maximum absolute atomic E-state index is 13.2. The van der Waals surface area contributed by atoms with Crippen LogP contribution < -0.4 is 10.2 Å². The van der Waals surface area contributed by atoms with Crippen LogP contribution in [0, 0.1) is 5.82 Å². The lowest BCUT2D eigenvalue weighted by molar-refractivity contribution is 0.191. The number of piperazine rings is 1. The van der Waals surface area contributed by atoms with Gasteiger partial charge in [-0.3, -0.25) is 0 Å². The Morgan fingerprint density at radius 1 is 1.25 bits per heavy atom. The van der Waals surface area contributed by atoms with Gasteiger partial charge in [-0.25, -0.2) is 17.6 Å². The summed E-state index contributed by atoms with van der Waals surface area (Å²) in [5, 5.41) is 2.87. The molecule has 0 saturated carbocycles. The minimum atomic E-state index is -3.01. The third kappa shape index (κ3) is 3.92. The standard InChI is InChI=1S/C15H19ClFN3O3S/c16-13-9-12(1-2-14(13)17)19-4-6-20(7-5-19)15(21)18-11-3-8-24(22,23)10-11/h1-2,9,11H,3-8,10H2,(H,18,21). The fraction of sp³-hybridized carbons (Fsp3) is 0.533. The summed E-state index contributed by atoms with van der Waals surface area (Å²) < 4.78 is 36.1. The van der Waals surface area contributed by atoms with Crippen LogP contribution in [0.4, 0.5) is 14.9 Å². The van der Waals surface area contributed by atoms with E-state index >= 15 is 0 Å². The Hall–Kier alpha value is -1.54. The molecule has 2 amide bonds. The van der Waals surface area contributed by atoms with Gasteiger partial charge in [0.1, 0.15) is 5.82 Å². The van der Waals surface area contributed by atoms with Crippen molar-refractivity contribution in [1.29, 1.82) is 0 Å². The maximum Gasteiger partial charge on any atom is 0.317 e. The van der Waals surface area contributed by atoms with Gasteiger partial charge in [-0.15, -0.1) is 0 Å². The molecule has 3 rings (SSSR count). The summed E-state index contributed by atoms with van der Waals surface area (Å²) in [7, 11) is -3.01. The number of rotatable bonds is 2. The van der Waals surface area contributed by atoms with Gasteiger partial charge in [0.05, 0.1) is 16.5 Å². The Labute approximate surface area is 145 Å². The molecule has 6 nitrogen and oxygen atoms in total. The van der Waals surface area contributed by atoms with Crippen LogP contribution >= 0.6 is 11.6 Å². The minimum absolute atomic E-state index is 0.0206. The van der Waals surface area contributed by atoms with Crippen molar-refractivity contribution < 1.29 is 17.6 Å². The summed E-state index contributed by atoms with van der Waals surface area (Å²) in [5.41, 5.74) is 0.823. The molecule has 1 N–H and O–H groups in total. The molecule has 0 aromatic heterocycles. The summed E-state index contributed by atoms with van der Waals surface area (Å²) >= 11 is 5.81. The van der Waals surface area contributed by atoms with E-state index in [9.17, 15) is 17.6 Å². The van der Waals surface area contributed by atoms with Gasteiger partial charge in [0.2, 0.25) is 0 Å². The Morgan fingerprint density at radius 3 is 2.54 bits per heavy atom. The average Bonchev–Trinajstić information content (AvgIpc) is 2.89. The molecule has 2 heterocycles. The Kier molecular flexibility index (Phi) is 4.87. The molecule has 1 aromatic rings. The molecule has 0 bridgehead atoms. The smallest absolute Gasteiger partial charge is 0.317 e. The third-order valence-corrected chi connectivity index (χ3v) is 6.45. The van der Waals surface area contributed by atoms with Crippen molar-refractivity contribution in [3.05, 3.63) is 29.0 Å². The molecule has 0 spiro atoms. The zero-order valence-corrected chi connectivity index (χ0v) is 14.6. The first-order valence-electron chi connectivity index (χ1n) is 7.80. The topological polar surface area (TPSA) is 69.7 Å². The van der Waals surface area contributed by atoms with Crippen LogP contribution in [0.5, 0.6) is 0 Å². The van der Waals surface area contributed by atoms with Gasteiger partial charge >= 0.3 is 6.03 Å². The van der Waals surface area contributed by atoms with Crippen LogP contribution in [0.25, 0.3) is 0 Å². The van der Waals surface area contributed by atoms with Crippen molar-refractivity contribution in [2.24, 2.45) is 0 Å². The summed E-state index contributed by atoms with van der Waals surface area (Å²) in [6.45, 7) is 2.25. The van der Waals surface area contributed by atoms with Gasteiger partial charge in [0.25, 0.3) is 0 Å². The van der Waals surface area contributed by atoms with E-state index in [0.29, 0.717) is 32.6 Å². The zero-order chi connectivity index (χ0) is 17.3. The number of urea groups is 1. The van der Waals surface area contributed by atoms with E-state index in [-0.39, 0.29) is 28.6 Å². The molecular formula is C15H19ClFN3O3S. The zero-order valence-electron chi connectivity index (χ0n) is 13.0. The first-order chi connectivity index (χ1) is 11.3. The van der Waals surface area contributed by atoms with Gasteiger partial charge in [-0.05, 0) is 24.6 Å². The highest BCUT2D eigenvalue weighted by Crippen LogP contribution is 2.23. The van der Waals surface area contributed by atoms with Gasteiger partial charge < -0.3 is 15.1 Å². The average molecular weight is 376 g/mol. The fourth-order valence-electron chi connectivity index (χ4n) is 3.02. The number of hydrogen-bond donors (Lipinski definition) is 1. The highest BCUT2D eigenvalue weighted by Gasteiger charge is 2.31. The lowest BCUT2D eigenvalue weighted by Crippen LogP contribution is -2.53. The Balaban J connectivity index is 1.53. The molecule has 0 aliphatic carbocycles. The van der Waals surface area contributed by atoms with Crippen molar-refractivity contribution in [3.63, 3.8) is 0 Å². The van der Waals surface area contributed by atoms with E-state index in [1.165, 1.54) is 6.07 Å². The van der Waals surface area contributed by atoms with E-state index in [2.05, 4.69) is 5.32 Å². The Bertz CT molecular complexity index is 735. The maximum atomic E-state index is 13.2. The molecule has 1 aromatic carbocycles. The lowest BCUT2D eigenvalue weighted by Gasteiger charge is -2.36. The van der Waals surface area contributed by atoms with E-state index in [0.717, 1.165) is 5.69 Å². The number of anilines is 1. The summed E-state index contributed by atoms with van der Waals surface area (Å²) in [4.78, 5) is 15.9. The van der Waals surface area contributed by atoms with E-state index in [1.54, 1.807) is 17.0 Å². The number of sulfone groups is 1. The van der Waals surface area contributed by atoms with Crippen LogP contribution in [0.1, 0.15) is 6.42 Å². The number of nitrogens with zero attached hydrogens (tertiary/aromatic N) is 2. The molecule has 2 aliphatic rings. The second kappa shape index (κ2) is 6.76. The quantitative estimate of drug-likeness (QED) is 0.850. The molecular weight excluding hydrogens is 357 g/mol. The highest BCUT2D eigenvalue weighted by molar-refractivity contribution is 7.91. The molecule has 2 aliphatic heterocycles. The van der Waals surface area contributed by atoms with Gasteiger partial charge in [0.15, 0.2) is 9.84 Å². The van der Waals surface area contributed by atoms with Gasteiger partial charge in [-0.1, -0.05) is 11.6 Å². The molecule has 2 fully saturated rings. The fourth-order valence-corrected chi connectivity index (χ4v) is 4.87. The molecule has 2 saturated heterocycles. The summed E-state index contributed by atoms with van der Waals surface area (Å²) in [6, 6.07) is 4.05. The first kappa shape index (κ1) is 17.3. The lowest BCUT2D eigenvalue weighted by atomic mass is 10.2. The van der Waals surface area contributed by atoms with Gasteiger partial charge in [0, 0.05) is 37.9 Å². The Morgan fingerprint density at radius 2 is 1.96 bits per heavy atom. The predicted molar refractivity (Wildman–Crippen MR) is 90.8 cm³/mol. The van der Waals surface area contributed by atoms with Crippen molar-refractivity contribution in [2.45, 2.75) is 12.5 Å². The normalized spacial score (nSPS) is 23.3. The molecule has 1 atom stereocenters. The third-order valence-electron chi connectivity index (χ3n) is 4.40. The predicted octanol–water partition coefficient (Wildman–Crippen LogP) is 1.50. The van der Waals surface area contributed by atoms with Crippen LogP contribution in [0.2, 0.25) is 5.02 Å². The second-order valence-corrected chi connectivity index (χ2v) is 8.76. The second-order valence-electron chi connectivity index (χ2n) is 6.12. The molecule has 0 radical (unpaired) electrons. The van der Waals surface area contributed by atoms with Crippen LogP contribution in [-0.2, 0) is 9.84 Å². The summed E-state index contributed by atoms with van der Waals surface area (Å²) in [5.74, 6) is -0.297. The number of nitrogens with one attached hydrogen (secondary N) is 1. The van der Waals surface area contributed by atoms with Crippen LogP contribution in [-0.4, -0.2) is 63.1 Å². The van der Waals surface area contributed by atoms with Crippen molar-refractivity contribution >= 4 is 33.2 Å². The molecule has 132 valence electrons. The van der Waals surface area contributed by atoms with Crippen LogP contribution in [0.15, 0.2) is 18.2 Å². The van der Waals surface area contributed by atoms with Crippen molar-refractivity contribution in [2.75, 3.05) is 42.6 Å². The SMILES string of the molecule is O=C(NC1CCS(=O)(=O)C1)N1CCN(c2ccc(F)c(Cl)c2)CC1. The van der Waals surface area contributed by atoms with Crippen molar-refractivity contribution in [3.8, 4) is 0 Å². The van der Waals surface area contributed by atoms with Gasteiger partial charge in [-0.2, -0.15) is 0 Å². The van der Waals surface area contributed by atoms with E-state index in [4.69, 9.17) is 11.6 Å². The number of carbonyl (C=O) groups is 1. The van der Waals surface area contributed by atoms with Crippen molar-refractivity contribution in [1.82, 2.24) is 10.2 Å². The molecule has 1 unspecified atom stereocenters. The number of hydrogen-bond acceptors (Lipinski definition) is 4. The molecule has 24 heavy (non-hydrogen) atoms. The number of carbonyl (C=O) groups excluding carboxylic acids is 1.